The van der Waals surface area contributed by atoms with E-state index in [9.17, 15) is 4.79 Å². The topological polar surface area (TPSA) is 49.6 Å². The van der Waals surface area contributed by atoms with Gasteiger partial charge in [0.1, 0.15) is 0 Å². The zero-order valence-corrected chi connectivity index (χ0v) is 15.6. The van der Waals surface area contributed by atoms with Crippen molar-refractivity contribution in [3.05, 3.63) is 35.9 Å². The molecule has 2 N–H and O–H groups in total. The summed E-state index contributed by atoms with van der Waals surface area (Å²) in [5, 5.41) is 0. The van der Waals surface area contributed by atoms with E-state index in [-0.39, 0.29) is 17.9 Å². The molecule has 1 heterocycles. The number of hydrogen-bond acceptors (Lipinski definition) is 3. The third-order valence-corrected chi connectivity index (χ3v) is 5.12. The molecule has 1 aliphatic rings. The Morgan fingerprint density at radius 1 is 1.17 bits per heavy atom. The summed E-state index contributed by atoms with van der Waals surface area (Å²) in [5.74, 6) is 0.308. The molecule has 1 amide bonds. The highest BCUT2D eigenvalue weighted by molar-refractivity contribution is 5.82. The number of amides is 1. The number of carbonyl (C=O) groups excluding carboxylic acids is 1. The molecule has 4 nitrogen and oxygen atoms in total. The van der Waals surface area contributed by atoms with Gasteiger partial charge in [-0.2, -0.15) is 0 Å². The lowest BCUT2D eigenvalue weighted by Gasteiger charge is -2.41. The van der Waals surface area contributed by atoms with Crippen LogP contribution in [0.5, 0.6) is 0 Å². The molecule has 4 heteroatoms. The Labute approximate surface area is 147 Å². The van der Waals surface area contributed by atoms with Crippen LogP contribution in [0.4, 0.5) is 0 Å². The van der Waals surface area contributed by atoms with Crippen molar-refractivity contribution in [1.29, 1.82) is 0 Å². The van der Waals surface area contributed by atoms with Gasteiger partial charge in [-0.15, -0.1) is 0 Å². The van der Waals surface area contributed by atoms with Crippen LogP contribution in [0, 0.1) is 5.92 Å². The zero-order chi connectivity index (χ0) is 17.7. The summed E-state index contributed by atoms with van der Waals surface area (Å²) >= 11 is 0. The molecule has 1 atom stereocenters. The number of carbonyl (C=O) groups is 1. The second-order valence-corrected chi connectivity index (χ2v) is 7.58. The number of likely N-dealkylation sites (tertiary alicyclic amines) is 1. The van der Waals surface area contributed by atoms with E-state index in [1.807, 2.05) is 18.7 Å². The molecule has 0 aromatic heterocycles. The van der Waals surface area contributed by atoms with E-state index in [1.165, 1.54) is 5.56 Å². The summed E-state index contributed by atoms with van der Waals surface area (Å²) in [7, 11) is 0. The van der Waals surface area contributed by atoms with Gasteiger partial charge in [0.2, 0.25) is 5.91 Å². The predicted molar refractivity (Wildman–Crippen MR) is 99.5 cm³/mol. The molecule has 0 saturated carbocycles. The van der Waals surface area contributed by atoms with Crippen molar-refractivity contribution in [2.75, 3.05) is 13.1 Å². The monoisotopic (exact) mass is 331 g/mol. The molecule has 1 saturated heterocycles. The maximum atomic E-state index is 12.4. The van der Waals surface area contributed by atoms with Gasteiger partial charge < -0.3 is 10.6 Å². The van der Waals surface area contributed by atoms with E-state index in [0.717, 1.165) is 32.5 Å². The van der Waals surface area contributed by atoms with Gasteiger partial charge in [0, 0.05) is 31.7 Å². The first kappa shape index (κ1) is 18.9. The van der Waals surface area contributed by atoms with Crippen molar-refractivity contribution in [2.24, 2.45) is 11.7 Å². The van der Waals surface area contributed by atoms with Crippen molar-refractivity contribution in [2.45, 2.75) is 65.2 Å². The summed E-state index contributed by atoms with van der Waals surface area (Å²) in [6, 6.07) is 11.3. The molecular formula is C20H33N3O. The Morgan fingerprint density at radius 3 is 2.25 bits per heavy atom. The second kappa shape index (κ2) is 8.63. The van der Waals surface area contributed by atoms with Gasteiger partial charge in [-0.25, -0.2) is 0 Å². The number of rotatable bonds is 6. The van der Waals surface area contributed by atoms with Crippen molar-refractivity contribution < 1.29 is 4.79 Å². The molecule has 1 aromatic rings. The molecule has 0 spiro atoms. The highest BCUT2D eigenvalue weighted by Gasteiger charge is 2.30. The van der Waals surface area contributed by atoms with Gasteiger partial charge >= 0.3 is 0 Å². The lowest BCUT2D eigenvalue weighted by molar-refractivity contribution is -0.135. The van der Waals surface area contributed by atoms with Crippen LogP contribution >= 0.6 is 0 Å². The fraction of sp³-hybridized carbons (Fsp3) is 0.650. The Hall–Kier alpha value is -1.39. The quantitative estimate of drug-likeness (QED) is 0.872. The summed E-state index contributed by atoms with van der Waals surface area (Å²) in [4.78, 5) is 17.0. The van der Waals surface area contributed by atoms with Gasteiger partial charge in [0.15, 0.2) is 0 Å². The average molecular weight is 332 g/mol. The molecule has 0 unspecified atom stereocenters. The normalized spacial score (nSPS) is 17.8. The highest BCUT2D eigenvalue weighted by Crippen LogP contribution is 2.22. The zero-order valence-electron chi connectivity index (χ0n) is 15.6. The average Bonchev–Trinajstić information content (AvgIpc) is 2.59. The number of nitrogens with two attached hydrogens (primary N) is 1. The van der Waals surface area contributed by atoms with Crippen LogP contribution in [0.25, 0.3) is 0 Å². The largest absolute Gasteiger partial charge is 0.341 e. The Bertz CT molecular complexity index is 507. The smallest absolute Gasteiger partial charge is 0.239 e. The van der Waals surface area contributed by atoms with Crippen LogP contribution in [0.3, 0.4) is 0 Å². The molecule has 0 aliphatic carbocycles. The maximum absolute atomic E-state index is 12.4. The van der Waals surface area contributed by atoms with Crippen molar-refractivity contribution in [3.8, 4) is 0 Å². The lowest BCUT2D eigenvalue weighted by atomic mass is 9.98. The minimum atomic E-state index is -0.368. The van der Waals surface area contributed by atoms with E-state index in [4.69, 9.17) is 5.73 Å². The van der Waals surface area contributed by atoms with E-state index in [1.54, 1.807) is 0 Å². The maximum Gasteiger partial charge on any atom is 0.239 e. The predicted octanol–water partition coefficient (Wildman–Crippen LogP) is 2.87. The van der Waals surface area contributed by atoms with Crippen LogP contribution in [0.1, 0.15) is 46.1 Å². The third-order valence-electron chi connectivity index (χ3n) is 5.12. The third kappa shape index (κ3) is 4.81. The summed E-state index contributed by atoms with van der Waals surface area (Å²) in [6.45, 7) is 11.2. The van der Waals surface area contributed by atoms with Crippen LogP contribution < -0.4 is 5.73 Å². The van der Waals surface area contributed by atoms with E-state index in [2.05, 4.69) is 49.1 Å². The lowest BCUT2D eigenvalue weighted by Crippen LogP contribution is -2.53. The van der Waals surface area contributed by atoms with Gasteiger partial charge in [0.25, 0.3) is 0 Å². The first-order valence-corrected chi connectivity index (χ1v) is 9.24. The first-order valence-electron chi connectivity index (χ1n) is 9.24. The Balaban J connectivity index is 1.94. The van der Waals surface area contributed by atoms with Crippen LogP contribution in [0.15, 0.2) is 30.3 Å². The van der Waals surface area contributed by atoms with E-state index in [0.29, 0.717) is 12.1 Å². The molecule has 2 rings (SSSR count). The van der Waals surface area contributed by atoms with Crippen molar-refractivity contribution in [1.82, 2.24) is 9.80 Å². The number of nitrogens with zero attached hydrogens (tertiary/aromatic N) is 2. The van der Waals surface area contributed by atoms with Crippen LogP contribution in [0.2, 0.25) is 0 Å². The molecule has 1 aliphatic heterocycles. The van der Waals surface area contributed by atoms with Gasteiger partial charge in [-0.05, 0) is 38.2 Å². The second-order valence-electron chi connectivity index (χ2n) is 7.58. The fourth-order valence-electron chi connectivity index (χ4n) is 3.44. The fourth-order valence-corrected chi connectivity index (χ4v) is 3.44. The Morgan fingerprint density at radius 2 is 1.75 bits per heavy atom. The van der Waals surface area contributed by atoms with Crippen LogP contribution in [-0.2, 0) is 11.3 Å². The number of benzene rings is 1. The summed E-state index contributed by atoms with van der Waals surface area (Å²) in [5.41, 5.74) is 7.39. The molecular weight excluding hydrogens is 298 g/mol. The van der Waals surface area contributed by atoms with Crippen molar-refractivity contribution in [3.63, 3.8) is 0 Å². The standard InChI is InChI=1S/C20H33N3O/c1-15(2)19(21)20(24)22-12-10-18(11-13-22)23(16(3)4)14-17-8-6-5-7-9-17/h5-9,15-16,18-19H,10-14,21H2,1-4H3/t19-/m0/s1. The van der Waals surface area contributed by atoms with Crippen molar-refractivity contribution >= 4 is 5.91 Å². The summed E-state index contributed by atoms with van der Waals surface area (Å²) < 4.78 is 0. The van der Waals surface area contributed by atoms with Gasteiger partial charge in [-0.3, -0.25) is 9.69 Å². The van der Waals surface area contributed by atoms with E-state index >= 15 is 0 Å². The molecule has 134 valence electrons. The van der Waals surface area contributed by atoms with Crippen LogP contribution in [-0.4, -0.2) is 46.9 Å². The molecule has 0 bridgehead atoms. The minimum Gasteiger partial charge on any atom is -0.341 e. The van der Waals surface area contributed by atoms with E-state index < -0.39 is 0 Å². The SMILES string of the molecule is CC(C)[C@H](N)C(=O)N1CCC(N(Cc2ccccc2)C(C)C)CC1. The first-order chi connectivity index (χ1) is 11.4. The van der Waals surface area contributed by atoms with Gasteiger partial charge in [0.05, 0.1) is 6.04 Å². The Kier molecular flexibility index (Phi) is 6.81. The molecule has 0 radical (unpaired) electrons. The minimum absolute atomic E-state index is 0.114. The molecule has 24 heavy (non-hydrogen) atoms. The van der Waals surface area contributed by atoms with Gasteiger partial charge in [-0.1, -0.05) is 44.2 Å². The summed E-state index contributed by atoms with van der Waals surface area (Å²) in [6.07, 6.45) is 2.06. The molecule has 1 aromatic carbocycles. The molecule has 1 fully saturated rings. The number of piperidine rings is 1. The number of hydrogen-bond donors (Lipinski definition) is 1. The highest BCUT2D eigenvalue weighted by atomic mass is 16.2.